The van der Waals surface area contributed by atoms with Crippen LogP contribution in [0.1, 0.15) is 27.2 Å². The normalized spacial score (nSPS) is 33.8. The third-order valence-electron chi connectivity index (χ3n) is 2.60. The zero-order valence-electron chi connectivity index (χ0n) is 8.00. The van der Waals surface area contributed by atoms with Gasteiger partial charge in [-0.2, -0.15) is 0 Å². The predicted octanol–water partition coefficient (Wildman–Crippen LogP) is 2.69. The molecule has 0 aliphatic carbocycles. The lowest BCUT2D eigenvalue weighted by Gasteiger charge is -2.29. The van der Waals surface area contributed by atoms with Crippen LogP contribution in [0.2, 0.25) is 0 Å². The minimum Gasteiger partial charge on any atom is -0.362 e. The molecule has 2 heterocycles. The zero-order valence-corrected chi connectivity index (χ0v) is 8.00. The highest BCUT2D eigenvalue weighted by molar-refractivity contribution is 5.26. The number of rotatable bonds is 0. The summed E-state index contributed by atoms with van der Waals surface area (Å²) >= 11 is 0. The summed E-state index contributed by atoms with van der Waals surface area (Å²) in [7, 11) is 0. The lowest BCUT2D eigenvalue weighted by molar-refractivity contribution is 0.0707. The van der Waals surface area contributed by atoms with E-state index < -0.39 is 0 Å². The maximum Gasteiger partial charge on any atom is 0.0949 e. The van der Waals surface area contributed by atoms with Crippen molar-refractivity contribution < 1.29 is 4.74 Å². The van der Waals surface area contributed by atoms with E-state index in [2.05, 4.69) is 39.0 Å². The fraction of sp³-hybridized carbons (Fsp3) is 0.636. The fourth-order valence-electron chi connectivity index (χ4n) is 1.78. The van der Waals surface area contributed by atoms with E-state index in [1.807, 2.05) is 0 Å². The molecule has 1 nitrogen and oxygen atoms in total. The summed E-state index contributed by atoms with van der Waals surface area (Å²) in [5.74, 6) is 0. The SMILES string of the molecule is CC(C)(C)C1=C[C@H]2C=C[C@@H](C1)O2. The fourth-order valence-corrected chi connectivity index (χ4v) is 1.78. The number of ether oxygens (including phenoxy) is 1. The van der Waals surface area contributed by atoms with Crippen LogP contribution < -0.4 is 0 Å². The highest BCUT2D eigenvalue weighted by Crippen LogP contribution is 2.36. The molecule has 0 aromatic rings. The number of hydrogen-bond donors (Lipinski definition) is 0. The van der Waals surface area contributed by atoms with Crippen molar-refractivity contribution in [1.82, 2.24) is 0 Å². The minimum atomic E-state index is 0.262. The molecule has 0 saturated carbocycles. The first-order chi connectivity index (χ1) is 5.55. The van der Waals surface area contributed by atoms with Crippen molar-refractivity contribution in [3.8, 4) is 0 Å². The highest BCUT2D eigenvalue weighted by atomic mass is 16.5. The first kappa shape index (κ1) is 8.06. The van der Waals surface area contributed by atoms with Crippen molar-refractivity contribution in [2.45, 2.75) is 39.4 Å². The Morgan fingerprint density at radius 2 is 2.08 bits per heavy atom. The molecule has 2 bridgehead atoms. The van der Waals surface area contributed by atoms with Gasteiger partial charge in [-0.05, 0) is 11.8 Å². The Kier molecular flexibility index (Phi) is 1.65. The maximum absolute atomic E-state index is 5.64. The smallest absolute Gasteiger partial charge is 0.0949 e. The largest absolute Gasteiger partial charge is 0.362 e. The molecule has 0 fully saturated rings. The van der Waals surface area contributed by atoms with E-state index in [-0.39, 0.29) is 6.10 Å². The predicted molar refractivity (Wildman–Crippen MR) is 50.0 cm³/mol. The van der Waals surface area contributed by atoms with E-state index in [1.54, 1.807) is 0 Å². The molecule has 0 aromatic carbocycles. The van der Waals surface area contributed by atoms with Gasteiger partial charge in [0.1, 0.15) is 0 Å². The van der Waals surface area contributed by atoms with Gasteiger partial charge in [-0.25, -0.2) is 0 Å². The standard InChI is InChI=1S/C11H16O/c1-11(2,3)8-6-9-4-5-10(7-8)12-9/h4-6,9-10H,7H2,1-3H3/t9-,10+/m1/s1. The van der Waals surface area contributed by atoms with Crippen molar-refractivity contribution in [2.24, 2.45) is 5.41 Å². The van der Waals surface area contributed by atoms with E-state index in [0.717, 1.165) is 6.42 Å². The monoisotopic (exact) mass is 164 g/mol. The van der Waals surface area contributed by atoms with Crippen LogP contribution in [0.3, 0.4) is 0 Å². The third-order valence-corrected chi connectivity index (χ3v) is 2.60. The van der Waals surface area contributed by atoms with Gasteiger partial charge in [0.15, 0.2) is 0 Å². The molecule has 2 atom stereocenters. The van der Waals surface area contributed by atoms with Gasteiger partial charge >= 0.3 is 0 Å². The summed E-state index contributed by atoms with van der Waals surface area (Å²) in [4.78, 5) is 0. The second-order valence-corrected chi connectivity index (χ2v) is 4.67. The van der Waals surface area contributed by atoms with Gasteiger partial charge in [-0.3, -0.25) is 0 Å². The Bertz CT molecular complexity index is 242. The lowest BCUT2D eigenvalue weighted by Crippen LogP contribution is -2.23. The molecule has 2 rings (SSSR count). The summed E-state index contributed by atoms with van der Waals surface area (Å²) in [6.45, 7) is 6.80. The Balaban J connectivity index is 2.22. The highest BCUT2D eigenvalue weighted by Gasteiger charge is 2.29. The van der Waals surface area contributed by atoms with Gasteiger partial charge in [-0.1, -0.05) is 44.6 Å². The Morgan fingerprint density at radius 3 is 2.67 bits per heavy atom. The van der Waals surface area contributed by atoms with Crippen molar-refractivity contribution in [2.75, 3.05) is 0 Å². The van der Waals surface area contributed by atoms with E-state index in [0.29, 0.717) is 11.5 Å². The minimum absolute atomic E-state index is 0.262. The summed E-state index contributed by atoms with van der Waals surface area (Å²) < 4.78 is 5.64. The Hall–Kier alpha value is -0.560. The number of fused-ring (bicyclic) bond motifs is 2. The van der Waals surface area contributed by atoms with Crippen molar-refractivity contribution in [3.05, 3.63) is 23.8 Å². The summed E-state index contributed by atoms with van der Waals surface area (Å²) in [6, 6.07) is 0. The Morgan fingerprint density at radius 1 is 1.33 bits per heavy atom. The summed E-state index contributed by atoms with van der Waals surface area (Å²) in [5.41, 5.74) is 1.85. The van der Waals surface area contributed by atoms with Gasteiger partial charge in [0, 0.05) is 0 Å². The van der Waals surface area contributed by atoms with Crippen LogP contribution in [0.15, 0.2) is 23.8 Å². The van der Waals surface area contributed by atoms with Crippen molar-refractivity contribution in [3.63, 3.8) is 0 Å². The molecule has 2 aliphatic heterocycles. The molecule has 0 spiro atoms. The van der Waals surface area contributed by atoms with Crippen LogP contribution in [0.4, 0.5) is 0 Å². The molecule has 12 heavy (non-hydrogen) atoms. The van der Waals surface area contributed by atoms with Crippen LogP contribution in [-0.2, 0) is 4.74 Å². The van der Waals surface area contributed by atoms with Gasteiger partial charge in [0.25, 0.3) is 0 Å². The van der Waals surface area contributed by atoms with Crippen LogP contribution in [-0.4, -0.2) is 12.2 Å². The molecule has 0 saturated heterocycles. The average Bonchev–Trinajstić information content (AvgIpc) is 2.28. The summed E-state index contributed by atoms with van der Waals surface area (Å²) in [5, 5.41) is 0. The van der Waals surface area contributed by atoms with E-state index in [1.165, 1.54) is 5.57 Å². The molecule has 0 amide bonds. The topological polar surface area (TPSA) is 9.23 Å². The van der Waals surface area contributed by atoms with Crippen molar-refractivity contribution in [1.29, 1.82) is 0 Å². The maximum atomic E-state index is 5.64. The molecule has 66 valence electrons. The zero-order chi connectivity index (χ0) is 8.77. The molecule has 0 aromatic heterocycles. The molecule has 2 aliphatic rings. The average molecular weight is 164 g/mol. The summed E-state index contributed by atoms with van der Waals surface area (Å²) in [6.07, 6.45) is 8.30. The first-order valence-corrected chi connectivity index (χ1v) is 4.61. The third kappa shape index (κ3) is 1.34. The van der Waals surface area contributed by atoms with Crippen LogP contribution in [0, 0.1) is 5.41 Å². The molecule has 0 N–H and O–H groups in total. The van der Waals surface area contributed by atoms with Crippen LogP contribution in [0.5, 0.6) is 0 Å². The van der Waals surface area contributed by atoms with Crippen molar-refractivity contribution >= 4 is 0 Å². The molecule has 0 radical (unpaired) electrons. The number of hydrogen-bond acceptors (Lipinski definition) is 1. The van der Waals surface area contributed by atoms with E-state index in [4.69, 9.17) is 4.74 Å². The van der Waals surface area contributed by atoms with E-state index in [9.17, 15) is 0 Å². The lowest BCUT2D eigenvalue weighted by atomic mass is 9.82. The molecular formula is C11H16O. The van der Waals surface area contributed by atoms with E-state index >= 15 is 0 Å². The molecule has 0 unspecified atom stereocenters. The Labute approximate surface area is 74.1 Å². The first-order valence-electron chi connectivity index (χ1n) is 4.61. The van der Waals surface area contributed by atoms with Gasteiger partial charge in [0.2, 0.25) is 0 Å². The second-order valence-electron chi connectivity index (χ2n) is 4.67. The second kappa shape index (κ2) is 2.46. The van der Waals surface area contributed by atoms with Gasteiger partial charge in [-0.15, -0.1) is 0 Å². The molecular weight excluding hydrogens is 148 g/mol. The van der Waals surface area contributed by atoms with Gasteiger partial charge in [0.05, 0.1) is 12.2 Å². The van der Waals surface area contributed by atoms with Crippen LogP contribution in [0.25, 0.3) is 0 Å². The van der Waals surface area contributed by atoms with Gasteiger partial charge < -0.3 is 4.74 Å². The quantitative estimate of drug-likeness (QED) is 0.500. The van der Waals surface area contributed by atoms with Crippen LogP contribution >= 0.6 is 0 Å². The molecule has 1 heteroatoms.